The van der Waals surface area contributed by atoms with E-state index in [2.05, 4.69) is 29.0 Å². The summed E-state index contributed by atoms with van der Waals surface area (Å²) >= 11 is 0. The Bertz CT molecular complexity index is 378. The zero-order chi connectivity index (χ0) is 13.4. The second kappa shape index (κ2) is 7.66. The Balaban J connectivity index is 2.42. The van der Waals surface area contributed by atoms with E-state index in [4.69, 9.17) is 5.11 Å². The van der Waals surface area contributed by atoms with E-state index in [0.29, 0.717) is 5.69 Å². The average Bonchev–Trinajstić information content (AvgIpc) is 2.39. The zero-order valence-corrected chi connectivity index (χ0v) is 11.0. The van der Waals surface area contributed by atoms with Crippen molar-refractivity contribution in [1.82, 2.24) is 9.88 Å². The maximum atomic E-state index is 11.0. The summed E-state index contributed by atoms with van der Waals surface area (Å²) in [6.07, 6.45) is 3.96. The maximum absolute atomic E-state index is 11.0. The predicted molar refractivity (Wildman–Crippen MR) is 72.1 cm³/mol. The normalized spacial score (nSPS) is 10.6. The highest BCUT2D eigenvalue weighted by Gasteiger charge is 2.08. The Morgan fingerprint density at radius 1 is 1.44 bits per heavy atom. The van der Waals surface area contributed by atoms with Crippen LogP contribution in [0.15, 0.2) is 18.5 Å². The molecular weight excluding hydrogens is 230 g/mol. The fraction of sp³-hybridized carbons (Fsp3) is 0.538. The summed E-state index contributed by atoms with van der Waals surface area (Å²) in [6.45, 7) is 8.16. The Morgan fingerprint density at radius 2 is 2.17 bits per heavy atom. The van der Waals surface area contributed by atoms with E-state index in [0.717, 1.165) is 32.6 Å². The highest BCUT2D eigenvalue weighted by molar-refractivity contribution is 5.93. The number of hydrogen-bond acceptors (Lipinski definition) is 4. The van der Waals surface area contributed by atoms with E-state index in [1.165, 1.54) is 6.20 Å². The Labute approximate surface area is 108 Å². The smallest absolute Gasteiger partial charge is 0.339 e. The summed E-state index contributed by atoms with van der Waals surface area (Å²) in [5.41, 5.74) is 0.859. The lowest BCUT2D eigenvalue weighted by Gasteiger charge is -2.18. The molecule has 0 fully saturated rings. The number of anilines is 1. The molecule has 0 aromatic carbocycles. The molecule has 1 heterocycles. The summed E-state index contributed by atoms with van der Waals surface area (Å²) in [5.74, 6) is -0.950. The van der Waals surface area contributed by atoms with Crippen molar-refractivity contribution in [3.8, 4) is 0 Å². The molecule has 5 heteroatoms. The summed E-state index contributed by atoms with van der Waals surface area (Å²) in [7, 11) is 0. The van der Waals surface area contributed by atoms with Gasteiger partial charge in [0.1, 0.15) is 5.56 Å². The second-order valence-corrected chi connectivity index (χ2v) is 4.03. The molecule has 0 aliphatic rings. The number of aromatic nitrogens is 1. The molecule has 0 saturated heterocycles. The number of hydrogen-bond donors (Lipinski definition) is 2. The standard InChI is InChI=1S/C13H21N3O2/c1-3-16(4-2)9-5-7-15-12-6-8-14-10-11(12)13(17)18/h6,8,10H,3-5,7,9H2,1-2H3,(H,14,15)(H,17,18). The van der Waals surface area contributed by atoms with Crippen molar-refractivity contribution in [3.05, 3.63) is 24.0 Å². The molecule has 0 spiro atoms. The van der Waals surface area contributed by atoms with Crippen LogP contribution in [0.5, 0.6) is 0 Å². The molecule has 100 valence electrons. The van der Waals surface area contributed by atoms with Crippen LogP contribution < -0.4 is 5.32 Å². The summed E-state index contributed by atoms with van der Waals surface area (Å²) < 4.78 is 0. The lowest BCUT2D eigenvalue weighted by molar-refractivity contribution is 0.0697. The van der Waals surface area contributed by atoms with Crippen LogP contribution in [-0.4, -0.2) is 47.1 Å². The predicted octanol–water partition coefficient (Wildman–Crippen LogP) is 1.92. The van der Waals surface area contributed by atoms with Crippen LogP contribution in [0.3, 0.4) is 0 Å². The van der Waals surface area contributed by atoms with E-state index in [-0.39, 0.29) is 5.56 Å². The molecule has 0 amide bonds. The van der Waals surface area contributed by atoms with Gasteiger partial charge in [0, 0.05) is 18.9 Å². The number of carboxylic acid groups (broad SMARTS) is 1. The number of nitrogens with zero attached hydrogens (tertiary/aromatic N) is 2. The van der Waals surface area contributed by atoms with Crippen LogP contribution in [0.2, 0.25) is 0 Å². The van der Waals surface area contributed by atoms with Crippen molar-refractivity contribution < 1.29 is 9.90 Å². The molecule has 1 rings (SSSR count). The van der Waals surface area contributed by atoms with Gasteiger partial charge in [0.2, 0.25) is 0 Å². The van der Waals surface area contributed by atoms with Gasteiger partial charge in [-0.2, -0.15) is 0 Å². The second-order valence-electron chi connectivity index (χ2n) is 4.03. The van der Waals surface area contributed by atoms with E-state index in [1.54, 1.807) is 12.3 Å². The first-order chi connectivity index (χ1) is 8.69. The lowest BCUT2D eigenvalue weighted by Crippen LogP contribution is -2.25. The van der Waals surface area contributed by atoms with Gasteiger partial charge in [0.25, 0.3) is 0 Å². The number of carboxylic acids is 1. The molecule has 0 atom stereocenters. The van der Waals surface area contributed by atoms with Gasteiger partial charge in [-0.05, 0) is 32.1 Å². The first-order valence-corrected chi connectivity index (χ1v) is 6.32. The molecule has 5 nitrogen and oxygen atoms in total. The molecule has 0 aliphatic carbocycles. The van der Waals surface area contributed by atoms with Gasteiger partial charge in [-0.25, -0.2) is 4.79 Å². The van der Waals surface area contributed by atoms with Gasteiger partial charge in [-0.1, -0.05) is 13.8 Å². The van der Waals surface area contributed by atoms with Crippen LogP contribution in [0.1, 0.15) is 30.6 Å². The first-order valence-electron chi connectivity index (χ1n) is 6.32. The topological polar surface area (TPSA) is 65.5 Å². The van der Waals surface area contributed by atoms with Crippen molar-refractivity contribution in [1.29, 1.82) is 0 Å². The van der Waals surface area contributed by atoms with Gasteiger partial charge < -0.3 is 15.3 Å². The summed E-state index contributed by atoms with van der Waals surface area (Å²) in [4.78, 5) is 17.1. The third-order valence-electron chi connectivity index (χ3n) is 2.91. The van der Waals surface area contributed by atoms with E-state index < -0.39 is 5.97 Å². The quantitative estimate of drug-likeness (QED) is 0.691. The lowest BCUT2D eigenvalue weighted by atomic mass is 10.2. The van der Waals surface area contributed by atoms with Crippen LogP contribution in [-0.2, 0) is 0 Å². The molecule has 1 aromatic heterocycles. The molecule has 0 bridgehead atoms. The SMILES string of the molecule is CCN(CC)CCCNc1ccncc1C(=O)O. The Morgan fingerprint density at radius 3 is 2.78 bits per heavy atom. The average molecular weight is 251 g/mol. The molecule has 18 heavy (non-hydrogen) atoms. The molecule has 1 aromatic rings. The van der Waals surface area contributed by atoms with Crippen molar-refractivity contribution in [2.24, 2.45) is 0 Å². The van der Waals surface area contributed by atoms with Crippen LogP contribution in [0.4, 0.5) is 5.69 Å². The van der Waals surface area contributed by atoms with Gasteiger partial charge in [-0.15, -0.1) is 0 Å². The van der Waals surface area contributed by atoms with Gasteiger partial charge in [0.15, 0.2) is 0 Å². The largest absolute Gasteiger partial charge is 0.478 e. The number of carbonyl (C=O) groups is 1. The van der Waals surface area contributed by atoms with Gasteiger partial charge in [0.05, 0.1) is 5.69 Å². The van der Waals surface area contributed by atoms with Crippen molar-refractivity contribution in [2.75, 3.05) is 31.5 Å². The third-order valence-corrected chi connectivity index (χ3v) is 2.91. The van der Waals surface area contributed by atoms with Gasteiger partial charge in [-0.3, -0.25) is 4.98 Å². The minimum absolute atomic E-state index is 0.223. The van der Waals surface area contributed by atoms with Crippen LogP contribution >= 0.6 is 0 Å². The highest BCUT2D eigenvalue weighted by atomic mass is 16.4. The highest BCUT2D eigenvalue weighted by Crippen LogP contribution is 2.13. The number of nitrogens with one attached hydrogen (secondary N) is 1. The summed E-state index contributed by atoms with van der Waals surface area (Å²) in [5, 5.41) is 12.1. The Kier molecular flexibility index (Phi) is 6.14. The maximum Gasteiger partial charge on any atom is 0.339 e. The molecular formula is C13H21N3O2. The molecule has 0 unspecified atom stereocenters. The van der Waals surface area contributed by atoms with Gasteiger partial charge >= 0.3 is 5.97 Å². The molecule has 0 radical (unpaired) electrons. The summed E-state index contributed by atoms with van der Waals surface area (Å²) in [6, 6.07) is 1.70. The van der Waals surface area contributed by atoms with Crippen LogP contribution in [0, 0.1) is 0 Å². The minimum atomic E-state index is -0.950. The minimum Gasteiger partial charge on any atom is -0.478 e. The Hall–Kier alpha value is -1.62. The van der Waals surface area contributed by atoms with Crippen molar-refractivity contribution in [3.63, 3.8) is 0 Å². The molecule has 0 saturated carbocycles. The van der Waals surface area contributed by atoms with E-state index in [1.807, 2.05) is 0 Å². The van der Waals surface area contributed by atoms with E-state index in [9.17, 15) is 4.79 Å². The zero-order valence-electron chi connectivity index (χ0n) is 11.0. The third kappa shape index (κ3) is 4.33. The first kappa shape index (κ1) is 14.4. The fourth-order valence-corrected chi connectivity index (χ4v) is 1.78. The molecule has 2 N–H and O–H groups in total. The fourth-order valence-electron chi connectivity index (χ4n) is 1.78. The molecule has 0 aliphatic heterocycles. The monoisotopic (exact) mass is 251 g/mol. The number of pyridine rings is 1. The number of rotatable bonds is 8. The van der Waals surface area contributed by atoms with Crippen molar-refractivity contribution >= 4 is 11.7 Å². The van der Waals surface area contributed by atoms with E-state index >= 15 is 0 Å². The number of aromatic carboxylic acids is 1. The van der Waals surface area contributed by atoms with Crippen molar-refractivity contribution in [2.45, 2.75) is 20.3 Å². The van der Waals surface area contributed by atoms with Crippen LogP contribution in [0.25, 0.3) is 0 Å².